The van der Waals surface area contributed by atoms with E-state index >= 15 is 0 Å². The number of carboxylic acid groups (broad SMARTS) is 1. The number of carboxylic acids is 1. The molecule has 0 saturated carbocycles. The highest BCUT2D eigenvalue weighted by molar-refractivity contribution is 5.91. The van der Waals surface area contributed by atoms with Crippen LogP contribution in [0.5, 0.6) is 0 Å². The number of allylic oxidation sites excluding steroid dienone is 2. The fraction of sp³-hybridized carbons (Fsp3) is 0.100. The van der Waals surface area contributed by atoms with Crippen LogP contribution < -0.4 is 5.32 Å². The predicted molar refractivity (Wildman–Crippen MR) is 94.3 cm³/mol. The zero-order chi connectivity index (χ0) is 17.2. The van der Waals surface area contributed by atoms with E-state index < -0.39 is 17.9 Å². The van der Waals surface area contributed by atoms with E-state index in [9.17, 15) is 14.7 Å². The van der Waals surface area contributed by atoms with Gasteiger partial charge in [0.2, 0.25) is 5.91 Å². The zero-order valence-corrected chi connectivity index (χ0v) is 13.1. The molecule has 0 fully saturated rings. The molecule has 2 N–H and O–H groups in total. The number of benzene rings is 2. The first-order valence-electron chi connectivity index (χ1n) is 7.62. The summed E-state index contributed by atoms with van der Waals surface area (Å²) in [5.41, 5.74) is 1.88. The topological polar surface area (TPSA) is 66.4 Å². The molecule has 4 heteroatoms. The van der Waals surface area contributed by atoms with Gasteiger partial charge >= 0.3 is 5.97 Å². The highest BCUT2D eigenvalue weighted by Gasteiger charge is 2.19. The van der Waals surface area contributed by atoms with Gasteiger partial charge in [-0.05, 0) is 11.1 Å². The van der Waals surface area contributed by atoms with Crippen LogP contribution in [0.1, 0.15) is 11.1 Å². The van der Waals surface area contributed by atoms with Crippen LogP contribution in [-0.4, -0.2) is 23.0 Å². The van der Waals surface area contributed by atoms with Gasteiger partial charge in [-0.25, -0.2) is 4.79 Å². The molecule has 2 aromatic carbocycles. The van der Waals surface area contributed by atoms with Crippen LogP contribution in [0.25, 0.3) is 6.08 Å². The normalized spacial score (nSPS) is 12.3. The van der Waals surface area contributed by atoms with Crippen molar-refractivity contribution in [3.63, 3.8) is 0 Å². The van der Waals surface area contributed by atoms with Crippen LogP contribution in [0.15, 0.2) is 78.9 Å². The third-order valence-corrected chi connectivity index (χ3v) is 3.34. The Balaban J connectivity index is 1.89. The minimum Gasteiger partial charge on any atom is -0.480 e. The van der Waals surface area contributed by atoms with E-state index in [-0.39, 0.29) is 6.42 Å². The maximum atomic E-state index is 11.9. The van der Waals surface area contributed by atoms with Gasteiger partial charge in [0.1, 0.15) is 6.04 Å². The lowest BCUT2D eigenvalue weighted by Crippen LogP contribution is -2.41. The molecule has 4 nitrogen and oxygen atoms in total. The highest BCUT2D eigenvalue weighted by Crippen LogP contribution is 2.04. The number of amides is 1. The SMILES string of the molecule is O=C(C=CC=Cc1ccccc1)NC(Cc1ccccc1)C(=O)O. The van der Waals surface area contributed by atoms with Gasteiger partial charge in [-0.3, -0.25) is 4.79 Å². The zero-order valence-electron chi connectivity index (χ0n) is 13.1. The van der Waals surface area contributed by atoms with Crippen LogP contribution >= 0.6 is 0 Å². The fourth-order valence-corrected chi connectivity index (χ4v) is 2.14. The molecule has 0 heterocycles. The number of nitrogens with one attached hydrogen (secondary N) is 1. The van der Waals surface area contributed by atoms with Crippen LogP contribution in [0.4, 0.5) is 0 Å². The molecule has 0 saturated heterocycles. The number of hydrogen-bond acceptors (Lipinski definition) is 2. The Morgan fingerprint density at radius 2 is 1.58 bits per heavy atom. The van der Waals surface area contributed by atoms with Gasteiger partial charge < -0.3 is 10.4 Å². The van der Waals surface area contributed by atoms with E-state index in [2.05, 4.69) is 5.32 Å². The van der Waals surface area contributed by atoms with Crippen molar-refractivity contribution < 1.29 is 14.7 Å². The Bertz CT molecular complexity index is 721. The van der Waals surface area contributed by atoms with E-state index in [0.29, 0.717) is 0 Å². The Morgan fingerprint density at radius 3 is 2.21 bits per heavy atom. The molecule has 0 radical (unpaired) electrons. The van der Waals surface area contributed by atoms with E-state index in [0.717, 1.165) is 11.1 Å². The molecule has 0 spiro atoms. The monoisotopic (exact) mass is 321 g/mol. The van der Waals surface area contributed by atoms with Crippen molar-refractivity contribution in [3.8, 4) is 0 Å². The summed E-state index contributed by atoms with van der Waals surface area (Å²) in [6, 6.07) is 17.9. The van der Waals surface area contributed by atoms with Gasteiger partial charge in [0.15, 0.2) is 0 Å². The number of hydrogen-bond donors (Lipinski definition) is 2. The molecule has 1 unspecified atom stereocenters. The molecule has 0 aromatic heterocycles. The summed E-state index contributed by atoms with van der Waals surface area (Å²) in [6.07, 6.45) is 6.75. The number of carbonyl (C=O) groups excluding carboxylic acids is 1. The second-order valence-electron chi connectivity index (χ2n) is 5.22. The lowest BCUT2D eigenvalue weighted by molar-refractivity contribution is -0.141. The largest absolute Gasteiger partial charge is 0.480 e. The molecule has 1 amide bonds. The maximum absolute atomic E-state index is 11.9. The summed E-state index contributed by atoms with van der Waals surface area (Å²) in [7, 11) is 0. The molecule has 122 valence electrons. The predicted octanol–water partition coefficient (Wildman–Crippen LogP) is 3.07. The van der Waals surface area contributed by atoms with E-state index in [1.807, 2.05) is 66.7 Å². The minimum atomic E-state index is -1.06. The molecule has 1 atom stereocenters. The summed E-state index contributed by atoms with van der Waals surface area (Å²) >= 11 is 0. The minimum absolute atomic E-state index is 0.246. The number of carbonyl (C=O) groups is 2. The smallest absolute Gasteiger partial charge is 0.326 e. The van der Waals surface area contributed by atoms with Gasteiger partial charge in [0, 0.05) is 12.5 Å². The molecule has 0 aliphatic heterocycles. The summed E-state index contributed by atoms with van der Waals surface area (Å²) in [5, 5.41) is 11.8. The van der Waals surface area contributed by atoms with Crippen molar-refractivity contribution in [1.29, 1.82) is 0 Å². The molecule has 0 aliphatic carbocycles. The maximum Gasteiger partial charge on any atom is 0.326 e. The second kappa shape index (κ2) is 9.10. The molecule has 2 aromatic rings. The standard InChI is InChI=1S/C20H19NO3/c22-19(14-8-7-11-16-9-3-1-4-10-16)21-18(20(23)24)15-17-12-5-2-6-13-17/h1-14,18H,15H2,(H,21,22)(H,23,24). The quantitative estimate of drug-likeness (QED) is 0.608. The van der Waals surface area contributed by atoms with Crippen molar-refractivity contribution in [2.75, 3.05) is 0 Å². The van der Waals surface area contributed by atoms with Crippen LogP contribution in [-0.2, 0) is 16.0 Å². The Labute approximate surface area is 141 Å². The summed E-state index contributed by atoms with van der Waals surface area (Å²) in [6.45, 7) is 0. The van der Waals surface area contributed by atoms with Crippen molar-refractivity contribution in [1.82, 2.24) is 5.32 Å². The Morgan fingerprint density at radius 1 is 0.958 bits per heavy atom. The first-order valence-corrected chi connectivity index (χ1v) is 7.62. The van der Waals surface area contributed by atoms with Crippen LogP contribution in [0.2, 0.25) is 0 Å². The molecular formula is C20H19NO3. The average Bonchev–Trinajstić information content (AvgIpc) is 2.60. The van der Waals surface area contributed by atoms with Crippen molar-refractivity contribution in [2.24, 2.45) is 0 Å². The summed E-state index contributed by atoms with van der Waals surface area (Å²) in [4.78, 5) is 23.2. The van der Waals surface area contributed by atoms with E-state index in [1.165, 1.54) is 6.08 Å². The third kappa shape index (κ3) is 5.93. The van der Waals surface area contributed by atoms with Crippen LogP contribution in [0.3, 0.4) is 0 Å². The van der Waals surface area contributed by atoms with Crippen molar-refractivity contribution in [3.05, 3.63) is 90.0 Å². The third-order valence-electron chi connectivity index (χ3n) is 3.34. The van der Waals surface area contributed by atoms with Gasteiger partial charge in [0.05, 0.1) is 0 Å². The molecule has 2 rings (SSSR count). The second-order valence-corrected chi connectivity index (χ2v) is 5.22. The average molecular weight is 321 g/mol. The van der Waals surface area contributed by atoms with E-state index in [1.54, 1.807) is 12.2 Å². The van der Waals surface area contributed by atoms with Gasteiger partial charge in [-0.1, -0.05) is 78.9 Å². The van der Waals surface area contributed by atoms with Gasteiger partial charge in [-0.2, -0.15) is 0 Å². The van der Waals surface area contributed by atoms with Gasteiger partial charge in [-0.15, -0.1) is 0 Å². The molecule has 24 heavy (non-hydrogen) atoms. The van der Waals surface area contributed by atoms with Crippen molar-refractivity contribution >= 4 is 18.0 Å². The fourth-order valence-electron chi connectivity index (χ4n) is 2.14. The molecule has 0 bridgehead atoms. The number of rotatable bonds is 7. The Hall–Kier alpha value is -3.14. The lowest BCUT2D eigenvalue weighted by atomic mass is 10.1. The van der Waals surface area contributed by atoms with Gasteiger partial charge in [0.25, 0.3) is 0 Å². The Kier molecular flexibility index (Phi) is 6.53. The summed E-state index contributed by atoms with van der Waals surface area (Å²) < 4.78 is 0. The van der Waals surface area contributed by atoms with E-state index in [4.69, 9.17) is 0 Å². The highest BCUT2D eigenvalue weighted by atomic mass is 16.4. The lowest BCUT2D eigenvalue weighted by Gasteiger charge is -2.13. The first kappa shape index (κ1) is 17.2. The van der Waals surface area contributed by atoms with Crippen LogP contribution in [0, 0.1) is 0 Å². The summed E-state index contributed by atoms with van der Waals surface area (Å²) in [5.74, 6) is -1.49. The first-order chi connectivity index (χ1) is 11.6. The molecule has 0 aliphatic rings. The number of aliphatic carboxylic acids is 1. The molecular weight excluding hydrogens is 302 g/mol. The van der Waals surface area contributed by atoms with Crippen molar-refractivity contribution in [2.45, 2.75) is 12.5 Å².